The molecule has 0 aliphatic heterocycles. The van der Waals surface area contributed by atoms with Crippen LogP contribution < -0.4 is 0 Å². The maximum Gasteiger partial charge on any atom is 0.132 e. The fraction of sp³-hybridized carbons (Fsp3) is 0.577. The molecule has 0 atom stereocenters. The highest BCUT2D eigenvalue weighted by Crippen LogP contribution is 2.38. The summed E-state index contributed by atoms with van der Waals surface area (Å²) < 4.78 is 14.9. The third-order valence-corrected chi connectivity index (χ3v) is 7.44. The molecule has 0 unspecified atom stereocenters. The molecular weight excluding hydrogens is 345 g/mol. The van der Waals surface area contributed by atoms with Gasteiger partial charge in [-0.2, -0.15) is 0 Å². The van der Waals surface area contributed by atoms with E-state index in [2.05, 4.69) is 31.0 Å². The number of hydrogen-bond donors (Lipinski definition) is 0. The van der Waals surface area contributed by atoms with Crippen molar-refractivity contribution in [2.24, 2.45) is 11.8 Å². The molecule has 0 radical (unpaired) electrons. The second-order valence-electron chi connectivity index (χ2n) is 9.30. The molecule has 1 aromatic heterocycles. The Morgan fingerprint density at radius 2 is 1.50 bits per heavy atom. The first-order valence-corrected chi connectivity index (χ1v) is 11.4. The molecule has 2 fully saturated rings. The zero-order valence-corrected chi connectivity index (χ0v) is 17.5. The highest BCUT2D eigenvalue weighted by atomic mass is 19.1. The number of hydrogen-bond acceptors (Lipinski definition) is 1. The molecule has 1 nitrogen and oxygen atoms in total. The van der Waals surface area contributed by atoms with Crippen LogP contribution >= 0.6 is 0 Å². The summed E-state index contributed by atoms with van der Waals surface area (Å²) in [5.41, 5.74) is 3.88. The van der Waals surface area contributed by atoms with Crippen LogP contribution in [0.3, 0.4) is 0 Å². The van der Waals surface area contributed by atoms with Crippen LogP contribution in [-0.4, -0.2) is 4.98 Å². The van der Waals surface area contributed by atoms with Crippen LogP contribution in [-0.2, 0) is 0 Å². The first-order valence-electron chi connectivity index (χ1n) is 11.4. The van der Waals surface area contributed by atoms with E-state index in [1.165, 1.54) is 63.4 Å². The molecular formula is C26H34FN. The van der Waals surface area contributed by atoms with Crippen molar-refractivity contribution in [3.63, 3.8) is 0 Å². The number of rotatable bonds is 4. The lowest BCUT2D eigenvalue weighted by Gasteiger charge is -2.28. The van der Waals surface area contributed by atoms with E-state index >= 15 is 0 Å². The van der Waals surface area contributed by atoms with Gasteiger partial charge in [-0.25, -0.2) is 4.39 Å². The number of halogens is 1. The van der Waals surface area contributed by atoms with E-state index in [0.29, 0.717) is 17.4 Å². The minimum absolute atomic E-state index is 0.125. The molecule has 2 aromatic rings. The third kappa shape index (κ3) is 4.31. The zero-order valence-electron chi connectivity index (χ0n) is 17.5. The van der Waals surface area contributed by atoms with Gasteiger partial charge < -0.3 is 0 Å². The molecule has 28 heavy (non-hydrogen) atoms. The summed E-state index contributed by atoms with van der Waals surface area (Å²) in [5, 5.41) is 0. The molecule has 0 spiro atoms. The number of pyridine rings is 1. The first-order chi connectivity index (χ1) is 13.6. The fourth-order valence-corrected chi connectivity index (χ4v) is 5.30. The normalized spacial score (nSPS) is 28.2. The summed E-state index contributed by atoms with van der Waals surface area (Å²) in [6.45, 7) is 4.63. The molecule has 2 aliphatic carbocycles. The predicted molar refractivity (Wildman–Crippen MR) is 115 cm³/mol. The third-order valence-electron chi connectivity index (χ3n) is 7.44. The van der Waals surface area contributed by atoms with Gasteiger partial charge in [-0.3, -0.25) is 4.98 Å². The molecule has 4 rings (SSSR count). The van der Waals surface area contributed by atoms with Crippen molar-refractivity contribution < 1.29 is 4.39 Å². The molecule has 0 saturated heterocycles. The van der Waals surface area contributed by atoms with Gasteiger partial charge in [-0.15, -0.1) is 0 Å². The van der Waals surface area contributed by atoms with E-state index in [0.717, 1.165) is 23.1 Å². The van der Waals surface area contributed by atoms with Gasteiger partial charge in [-0.05, 0) is 91.5 Å². The largest absolute Gasteiger partial charge is 0.256 e. The van der Waals surface area contributed by atoms with Gasteiger partial charge in [0.2, 0.25) is 0 Å². The molecule has 0 amide bonds. The molecule has 150 valence electrons. The van der Waals surface area contributed by atoms with Gasteiger partial charge in [0.1, 0.15) is 5.82 Å². The molecule has 1 heterocycles. The molecule has 0 N–H and O–H groups in total. The highest BCUT2D eigenvalue weighted by Gasteiger charge is 2.23. The van der Waals surface area contributed by atoms with Gasteiger partial charge in [-0.1, -0.05) is 45.2 Å². The number of nitrogens with zero attached hydrogens (tertiary/aromatic N) is 1. The maximum absolute atomic E-state index is 14.9. The second kappa shape index (κ2) is 8.76. The van der Waals surface area contributed by atoms with Crippen molar-refractivity contribution in [2.75, 3.05) is 0 Å². The first kappa shape index (κ1) is 19.6. The van der Waals surface area contributed by atoms with Crippen LogP contribution in [0, 0.1) is 17.7 Å². The van der Waals surface area contributed by atoms with Crippen LogP contribution in [0.25, 0.3) is 11.3 Å². The summed E-state index contributed by atoms with van der Waals surface area (Å²) in [6.07, 6.45) is 13.4. The molecule has 1 aromatic carbocycles. The predicted octanol–water partition coefficient (Wildman–Crippen LogP) is 7.87. The Labute approximate surface area is 169 Å². The molecule has 2 saturated carbocycles. The Morgan fingerprint density at radius 1 is 0.857 bits per heavy atom. The van der Waals surface area contributed by atoms with E-state index in [-0.39, 0.29) is 5.82 Å². The minimum Gasteiger partial charge on any atom is -0.256 e. The van der Waals surface area contributed by atoms with Crippen molar-refractivity contribution in [1.29, 1.82) is 0 Å². The minimum atomic E-state index is -0.125. The summed E-state index contributed by atoms with van der Waals surface area (Å²) in [4.78, 5) is 4.64. The van der Waals surface area contributed by atoms with Gasteiger partial charge >= 0.3 is 0 Å². The zero-order chi connectivity index (χ0) is 19.5. The van der Waals surface area contributed by atoms with Gasteiger partial charge in [0.25, 0.3) is 0 Å². The van der Waals surface area contributed by atoms with E-state index in [1.807, 2.05) is 18.3 Å². The van der Waals surface area contributed by atoms with Crippen molar-refractivity contribution in [1.82, 2.24) is 4.98 Å². The van der Waals surface area contributed by atoms with Crippen LogP contribution in [0.2, 0.25) is 0 Å². The summed E-state index contributed by atoms with van der Waals surface area (Å²) in [5.74, 6) is 2.75. The quantitative estimate of drug-likeness (QED) is 0.527. The fourth-order valence-electron chi connectivity index (χ4n) is 5.30. The van der Waals surface area contributed by atoms with Crippen molar-refractivity contribution in [2.45, 2.75) is 83.5 Å². The van der Waals surface area contributed by atoms with Crippen LogP contribution in [0.5, 0.6) is 0 Å². The van der Waals surface area contributed by atoms with E-state index in [9.17, 15) is 4.39 Å². The lowest BCUT2D eigenvalue weighted by molar-refractivity contribution is 0.318. The van der Waals surface area contributed by atoms with Crippen LogP contribution in [0.15, 0.2) is 36.5 Å². The lowest BCUT2D eigenvalue weighted by atomic mass is 9.78. The van der Waals surface area contributed by atoms with Crippen molar-refractivity contribution in [3.8, 4) is 11.3 Å². The van der Waals surface area contributed by atoms with Gasteiger partial charge in [0.05, 0.1) is 5.69 Å². The van der Waals surface area contributed by atoms with Gasteiger partial charge in [0.15, 0.2) is 0 Å². The van der Waals surface area contributed by atoms with Crippen LogP contribution in [0.1, 0.15) is 94.6 Å². The SMILES string of the molecule is CC[C@H]1CC[C@H](c2ccc(-c3ccc([C@H]4CC[C@H](C)CC4)cc3F)nc2)CC1. The van der Waals surface area contributed by atoms with E-state index in [1.54, 1.807) is 6.07 Å². The number of benzene rings is 1. The Balaban J connectivity index is 1.45. The Bertz CT molecular complexity index is 766. The summed E-state index contributed by atoms with van der Waals surface area (Å²) in [7, 11) is 0. The molecule has 0 bridgehead atoms. The molecule has 2 heteroatoms. The Morgan fingerprint density at radius 3 is 2.11 bits per heavy atom. The maximum atomic E-state index is 14.9. The smallest absolute Gasteiger partial charge is 0.132 e. The molecule has 2 aliphatic rings. The topological polar surface area (TPSA) is 12.9 Å². The highest BCUT2D eigenvalue weighted by molar-refractivity contribution is 5.60. The summed E-state index contributed by atoms with van der Waals surface area (Å²) in [6, 6.07) is 10.0. The standard InChI is InChI=1S/C26H34FN/c1-3-19-6-10-21(11-7-19)23-13-15-26(28-17-23)24-14-12-22(16-25(24)27)20-8-4-18(2)5-9-20/h12-21H,3-11H2,1-2H3/t18-,19-,20-,21-. The van der Waals surface area contributed by atoms with Gasteiger partial charge in [0, 0.05) is 11.8 Å². The lowest BCUT2D eigenvalue weighted by Crippen LogP contribution is -2.12. The number of aromatic nitrogens is 1. The average molecular weight is 380 g/mol. The van der Waals surface area contributed by atoms with Crippen molar-refractivity contribution >= 4 is 0 Å². The summed E-state index contributed by atoms with van der Waals surface area (Å²) >= 11 is 0. The van der Waals surface area contributed by atoms with E-state index < -0.39 is 0 Å². The van der Waals surface area contributed by atoms with E-state index in [4.69, 9.17) is 0 Å². The Kier molecular flexibility index (Phi) is 6.13. The average Bonchev–Trinajstić information content (AvgIpc) is 2.74. The van der Waals surface area contributed by atoms with Crippen molar-refractivity contribution in [3.05, 3.63) is 53.5 Å². The second-order valence-corrected chi connectivity index (χ2v) is 9.30. The van der Waals surface area contributed by atoms with Crippen LogP contribution in [0.4, 0.5) is 4.39 Å². The Hall–Kier alpha value is -1.70. The monoisotopic (exact) mass is 379 g/mol.